The van der Waals surface area contributed by atoms with Gasteiger partial charge < -0.3 is 14.4 Å². The lowest BCUT2D eigenvalue weighted by molar-refractivity contribution is -0.129. The maximum atomic E-state index is 12.6. The van der Waals surface area contributed by atoms with Crippen LogP contribution in [0.3, 0.4) is 0 Å². The zero-order valence-electron chi connectivity index (χ0n) is 14.5. The van der Waals surface area contributed by atoms with Crippen molar-refractivity contribution in [3.8, 4) is 11.5 Å². The Morgan fingerprint density at radius 2 is 1.75 bits per heavy atom. The van der Waals surface area contributed by atoms with Crippen LogP contribution in [0.5, 0.6) is 11.5 Å². The first kappa shape index (κ1) is 18.2. The molecule has 0 aromatic heterocycles. The number of thioether (sulfide) groups is 1. The maximum Gasteiger partial charge on any atom is 0.235 e. The van der Waals surface area contributed by atoms with E-state index in [0.717, 1.165) is 10.5 Å². The smallest absolute Gasteiger partial charge is 0.235 e. The Morgan fingerprint density at radius 3 is 2.38 bits per heavy atom. The molecule has 0 aliphatic heterocycles. The molecular formula is C19H23NO3S. The monoisotopic (exact) mass is 345 g/mol. The molecule has 0 radical (unpaired) electrons. The first-order valence-electron chi connectivity index (χ1n) is 7.72. The van der Waals surface area contributed by atoms with E-state index in [0.29, 0.717) is 18.0 Å². The molecule has 2 aromatic carbocycles. The lowest BCUT2D eigenvalue weighted by atomic mass is 10.2. The minimum atomic E-state index is -0.184. The summed E-state index contributed by atoms with van der Waals surface area (Å²) in [5.41, 5.74) is 1.12. The fourth-order valence-electron chi connectivity index (χ4n) is 2.39. The van der Waals surface area contributed by atoms with Crippen molar-refractivity contribution >= 4 is 17.7 Å². The first-order valence-corrected chi connectivity index (χ1v) is 8.60. The lowest BCUT2D eigenvalue weighted by Gasteiger charge is -2.21. The molecule has 0 N–H and O–H groups in total. The molecular weight excluding hydrogens is 322 g/mol. The Kier molecular flexibility index (Phi) is 6.55. The molecule has 1 atom stereocenters. The highest BCUT2D eigenvalue weighted by Crippen LogP contribution is 2.33. The third-order valence-corrected chi connectivity index (χ3v) is 4.74. The first-order chi connectivity index (χ1) is 11.5. The summed E-state index contributed by atoms with van der Waals surface area (Å²) in [7, 11) is 5.05. The van der Waals surface area contributed by atoms with Gasteiger partial charge in [-0.25, -0.2) is 0 Å². The second kappa shape index (κ2) is 8.64. The highest BCUT2D eigenvalue weighted by Gasteiger charge is 2.19. The Labute approximate surface area is 147 Å². The molecule has 1 amide bonds. The fraction of sp³-hybridized carbons (Fsp3) is 0.316. The molecule has 24 heavy (non-hydrogen) atoms. The van der Waals surface area contributed by atoms with E-state index in [1.165, 1.54) is 11.8 Å². The summed E-state index contributed by atoms with van der Waals surface area (Å²) in [6, 6.07) is 15.7. The third-order valence-electron chi connectivity index (χ3n) is 3.65. The van der Waals surface area contributed by atoms with E-state index in [2.05, 4.69) is 0 Å². The summed E-state index contributed by atoms with van der Waals surface area (Å²) in [5.74, 6) is 1.44. The highest BCUT2D eigenvalue weighted by atomic mass is 32.2. The van der Waals surface area contributed by atoms with Gasteiger partial charge in [0.15, 0.2) is 11.5 Å². The Hall–Kier alpha value is -2.14. The van der Waals surface area contributed by atoms with E-state index in [9.17, 15) is 4.79 Å². The van der Waals surface area contributed by atoms with Crippen molar-refractivity contribution in [1.29, 1.82) is 0 Å². The van der Waals surface area contributed by atoms with Gasteiger partial charge in [0.05, 0.1) is 19.5 Å². The number of hydrogen-bond acceptors (Lipinski definition) is 4. The number of amides is 1. The van der Waals surface area contributed by atoms with Crippen LogP contribution in [0.25, 0.3) is 0 Å². The summed E-state index contributed by atoms with van der Waals surface area (Å²) in [5, 5.41) is -0.184. The summed E-state index contributed by atoms with van der Waals surface area (Å²) in [6.07, 6.45) is 0. The largest absolute Gasteiger partial charge is 0.493 e. The van der Waals surface area contributed by atoms with Crippen molar-refractivity contribution < 1.29 is 14.3 Å². The van der Waals surface area contributed by atoms with Gasteiger partial charge in [-0.05, 0) is 30.7 Å². The van der Waals surface area contributed by atoms with Gasteiger partial charge in [0.25, 0.3) is 0 Å². The van der Waals surface area contributed by atoms with Gasteiger partial charge in [-0.1, -0.05) is 30.3 Å². The number of carbonyl (C=O) groups is 1. The molecule has 0 spiro atoms. The van der Waals surface area contributed by atoms with Crippen LogP contribution < -0.4 is 9.47 Å². The third kappa shape index (κ3) is 4.68. The molecule has 0 heterocycles. The molecule has 0 fully saturated rings. The summed E-state index contributed by atoms with van der Waals surface area (Å²) in [4.78, 5) is 15.3. The summed E-state index contributed by atoms with van der Waals surface area (Å²) >= 11 is 1.51. The number of hydrogen-bond donors (Lipinski definition) is 0. The van der Waals surface area contributed by atoms with E-state index in [1.807, 2.05) is 62.5 Å². The minimum absolute atomic E-state index is 0.0960. The fourth-order valence-corrected chi connectivity index (χ4v) is 3.40. The molecule has 1 unspecified atom stereocenters. The van der Waals surface area contributed by atoms with E-state index in [4.69, 9.17) is 9.47 Å². The molecule has 4 nitrogen and oxygen atoms in total. The van der Waals surface area contributed by atoms with Crippen LogP contribution in [0.2, 0.25) is 0 Å². The second-order valence-electron chi connectivity index (χ2n) is 5.46. The Balaban J connectivity index is 2.00. The number of rotatable bonds is 7. The molecule has 2 aromatic rings. The second-order valence-corrected chi connectivity index (χ2v) is 6.87. The van der Waals surface area contributed by atoms with Gasteiger partial charge in [-0.15, -0.1) is 11.8 Å². The number of benzene rings is 2. The van der Waals surface area contributed by atoms with Gasteiger partial charge in [0, 0.05) is 18.5 Å². The normalized spacial score (nSPS) is 11.7. The van der Waals surface area contributed by atoms with Crippen molar-refractivity contribution in [2.75, 3.05) is 21.3 Å². The maximum absolute atomic E-state index is 12.6. The molecule has 0 bridgehead atoms. The molecule has 5 heteroatoms. The predicted octanol–water partition coefficient (Wildman–Crippen LogP) is 3.84. The van der Waals surface area contributed by atoms with Crippen LogP contribution >= 0.6 is 11.8 Å². The van der Waals surface area contributed by atoms with Gasteiger partial charge in [0.2, 0.25) is 5.91 Å². The van der Waals surface area contributed by atoms with Crippen molar-refractivity contribution in [3.05, 3.63) is 54.1 Å². The lowest BCUT2D eigenvalue weighted by Crippen LogP contribution is -2.32. The van der Waals surface area contributed by atoms with Crippen molar-refractivity contribution in [2.45, 2.75) is 23.6 Å². The number of ether oxygens (including phenoxy) is 2. The number of nitrogens with zero attached hydrogens (tertiary/aromatic N) is 1. The van der Waals surface area contributed by atoms with E-state index < -0.39 is 0 Å². The van der Waals surface area contributed by atoms with E-state index >= 15 is 0 Å². The molecule has 0 saturated heterocycles. The Bertz CT molecular complexity index is 676. The predicted molar refractivity (Wildman–Crippen MR) is 97.8 cm³/mol. The van der Waals surface area contributed by atoms with Gasteiger partial charge >= 0.3 is 0 Å². The quantitative estimate of drug-likeness (QED) is 0.715. The Morgan fingerprint density at radius 1 is 1.08 bits per heavy atom. The van der Waals surface area contributed by atoms with Crippen LogP contribution in [-0.4, -0.2) is 37.3 Å². The zero-order chi connectivity index (χ0) is 17.5. The van der Waals surface area contributed by atoms with Crippen molar-refractivity contribution in [2.24, 2.45) is 0 Å². The van der Waals surface area contributed by atoms with E-state index in [1.54, 1.807) is 19.1 Å². The molecule has 0 aliphatic carbocycles. The minimum Gasteiger partial charge on any atom is -0.493 e. The molecule has 0 saturated carbocycles. The average molecular weight is 345 g/mol. The molecule has 128 valence electrons. The number of carbonyl (C=O) groups excluding carboxylic acids is 1. The SMILES string of the molecule is COc1ccc(SC(C)C(=O)N(C)Cc2ccccc2)cc1OC. The van der Waals surface area contributed by atoms with Gasteiger partial charge in [0.1, 0.15) is 0 Å². The van der Waals surface area contributed by atoms with Crippen LogP contribution in [-0.2, 0) is 11.3 Å². The molecule has 0 aliphatic rings. The summed E-state index contributed by atoms with van der Waals surface area (Å²) in [6.45, 7) is 2.53. The van der Waals surface area contributed by atoms with Crippen LogP contribution in [0.4, 0.5) is 0 Å². The van der Waals surface area contributed by atoms with Gasteiger partial charge in [-0.3, -0.25) is 4.79 Å². The summed E-state index contributed by atoms with van der Waals surface area (Å²) < 4.78 is 10.6. The van der Waals surface area contributed by atoms with E-state index in [-0.39, 0.29) is 11.2 Å². The zero-order valence-corrected chi connectivity index (χ0v) is 15.3. The topological polar surface area (TPSA) is 38.8 Å². The average Bonchev–Trinajstić information content (AvgIpc) is 2.61. The standard InChI is InChI=1S/C19H23NO3S/c1-14(19(21)20(2)13-15-8-6-5-7-9-15)24-16-10-11-17(22-3)18(12-16)23-4/h5-12,14H,13H2,1-4H3. The van der Waals surface area contributed by atoms with Gasteiger partial charge in [-0.2, -0.15) is 0 Å². The van der Waals surface area contributed by atoms with Crippen LogP contribution in [0, 0.1) is 0 Å². The number of methoxy groups -OCH3 is 2. The highest BCUT2D eigenvalue weighted by molar-refractivity contribution is 8.00. The van der Waals surface area contributed by atoms with Crippen LogP contribution in [0.15, 0.2) is 53.4 Å². The van der Waals surface area contributed by atoms with Crippen LogP contribution in [0.1, 0.15) is 12.5 Å². The van der Waals surface area contributed by atoms with Crippen molar-refractivity contribution in [1.82, 2.24) is 4.90 Å². The molecule has 2 rings (SSSR count). The van der Waals surface area contributed by atoms with Crippen molar-refractivity contribution in [3.63, 3.8) is 0 Å².